The number of unbranched alkanes of at least 4 members (excludes halogenated alkanes) is 1. The number of nitrogens with zero attached hydrogens (tertiary/aromatic N) is 2. The summed E-state index contributed by atoms with van der Waals surface area (Å²) in [5, 5.41) is 0. The van der Waals surface area contributed by atoms with Gasteiger partial charge in [0.05, 0.1) is 23.8 Å². The number of fused-ring (bicyclic) bond motifs is 2. The van der Waals surface area contributed by atoms with Crippen LogP contribution in [0.15, 0.2) is 23.1 Å². The summed E-state index contributed by atoms with van der Waals surface area (Å²) in [6.45, 7) is 7.32. The molecule has 3 aliphatic rings. The minimum absolute atomic E-state index is 0.0147. The highest BCUT2D eigenvalue weighted by Crippen LogP contribution is 2.46. The predicted molar refractivity (Wildman–Crippen MR) is 123 cm³/mol. The molecule has 0 atom stereocenters. The van der Waals surface area contributed by atoms with Crippen molar-refractivity contribution < 1.29 is 22.7 Å². The summed E-state index contributed by atoms with van der Waals surface area (Å²) in [7, 11) is -3.74. The molecule has 0 radical (unpaired) electrons. The Balaban J connectivity index is 1.76. The second-order valence-corrected chi connectivity index (χ2v) is 11.2. The van der Waals surface area contributed by atoms with E-state index in [9.17, 15) is 13.2 Å². The monoisotopic (exact) mass is 464 g/mol. The van der Waals surface area contributed by atoms with Crippen LogP contribution >= 0.6 is 0 Å². The van der Waals surface area contributed by atoms with Gasteiger partial charge in [0.2, 0.25) is 10.0 Å². The first kappa shape index (κ1) is 23.7. The number of hydrogen-bond acceptors (Lipinski definition) is 5. The topological polar surface area (TPSA) is 76.1 Å². The van der Waals surface area contributed by atoms with Crippen LogP contribution in [0.1, 0.15) is 77.7 Å². The SMILES string of the molecule is CCCCN1C(=O)C2(OCCCO2)c2cc(S(=O)(=O)N(C(C)C)C3CCCCC3)ccc21. The van der Waals surface area contributed by atoms with Crippen molar-refractivity contribution in [1.82, 2.24) is 4.31 Å². The van der Waals surface area contributed by atoms with Crippen LogP contribution in [0.3, 0.4) is 0 Å². The zero-order valence-corrected chi connectivity index (χ0v) is 20.3. The van der Waals surface area contributed by atoms with Gasteiger partial charge in [0.1, 0.15) is 0 Å². The van der Waals surface area contributed by atoms with Crippen molar-refractivity contribution in [3.8, 4) is 0 Å². The van der Waals surface area contributed by atoms with E-state index in [1.165, 1.54) is 0 Å². The molecule has 2 fully saturated rings. The van der Waals surface area contributed by atoms with Gasteiger partial charge in [-0.25, -0.2) is 8.42 Å². The summed E-state index contributed by atoms with van der Waals surface area (Å²) in [4.78, 5) is 15.3. The number of ether oxygens (including phenoxy) is 2. The Bertz CT molecular complexity index is 934. The zero-order valence-electron chi connectivity index (χ0n) is 19.5. The van der Waals surface area contributed by atoms with Crippen LogP contribution in [0.5, 0.6) is 0 Å². The van der Waals surface area contributed by atoms with E-state index in [0.29, 0.717) is 37.4 Å². The van der Waals surface area contributed by atoms with Crippen molar-refractivity contribution in [2.75, 3.05) is 24.7 Å². The fourth-order valence-electron chi connectivity index (χ4n) is 5.28. The summed E-state index contributed by atoms with van der Waals surface area (Å²) >= 11 is 0. The highest BCUT2D eigenvalue weighted by molar-refractivity contribution is 7.89. The average Bonchev–Trinajstić information content (AvgIpc) is 3.00. The van der Waals surface area contributed by atoms with E-state index in [0.717, 1.165) is 44.9 Å². The molecule has 0 aromatic heterocycles. The van der Waals surface area contributed by atoms with E-state index in [2.05, 4.69) is 6.92 Å². The molecule has 32 heavy (non-hydrogen) atoms. The molecular weight excluding hydrogens is 428 g/mol. The number of rotatable bonds is 7. The first-order valence-corrected chi connectivity index (χ1v) is 13.5. The number of amides is 1. The van der Waals surface area contributed by atoms with Gasteiger partial charge < -0.3 is 14.4 Å². The first-order valence-electron chi connectivity index (χ1n) is 12.1. The molecule has 1 aromatic carbocycles. The smallest absolute Gasteiger partial charge is 0.292 e. The molecule has 0 N–H and O–H groups in total. The van der Waals surface area contributed by atoms with Crippen molar-refractivity contribution in [3.63, 3.8) is 0 Å². The van der Waals surface area contributed by atoms with E-state index < -0.39 is 15.8 Å². The van der Waals surface area contributed by atoms with Gasteiger partial charge in [-0.3, -0.25) is 4.79 Å². The van der Waals surface area contributed by atoms with Crippen LogP contribution in [0.25, 0.3) is 0 Å². The lowest BCUT2D eigenvalue weighted by molar-refractivity contribution is -0.256. The maximum absolute atomic E-state index is 13.8. The number of carbonyl (C=O) groups is 1. The largest absolute Gasteiger partial charge is 0.338 e. The van der Waals surface area contributed by atoms with Gasteiger partial charge in [-0.05, 0) is 57.7 Å². The van der Waals surface area contributed by atoms with E-state index in [-0.39, 0.29) is 22.9 Å². The normalized spacial score (nSPS) is 21.7. The molecule has 1 aliphatic carbocycles. The van der Waals surface area contributed by atoms with Gasteiger partial charge in [0, 0.05) is 24.2 Å². The summed E-state index contributed by atoms with van der Waals surface area (Å²) in [6, 6.07) is 4.89. The Labute approximate surface area is 192 Å². The Morgan fingerprint density at radius 1 is 1.12 bits per heavy atom. The number of benzene rings is 1. The minimum Gasteiger partial charge on any atom is -0.338 e. The molecule has 1 aromatic rings. The third-order valence-corrected chi connectivity index (χ3v) is 8.92. The van der Waals surface area contributed by atoms with Crippen molar-refractivity contribution in [3.05, 3.63) is 23.8 Å². The standard InChI is InChI=1S/C24H36N2O5S/c1-4-5-14-25-22-13-12-20(17-21(22)24(23(25)27)30-15-9-16-31-24)32(28,29)26(18(2)3)19-10-7-6-8-11-19/h12-13,17-19H,4-11,14-16H2,1-3H3. The van der Waals surface area contributed by atoms with E-state index >= 15 is 0 Å². The Morgan fingerprint density at radius 2 is 1.81 bits per heavy atom. The molecule has 2 aliphatic heterocycles. The van der Waals surface area contributed by atoms with Crippen LogP contribution in [-0.2, 0) is 30.1 Å². The van der Waals surface area contributed by atoms with Gasteiger partial charge in [0.25, 0.3) is 11.7 Å². The van der Waals surface area contributed by atoms with E-state index in [4.69, 9.17) is 9.47 Å². The maximum atomic E-state index is 13.8. The lowest BCUT2D eigenvalue weighted by atomic mass is 9.95. The molecule has 1 saturated heterocycles. The van der Waals surface area contributed by atoms with Crippen LogP contribution in [-0.4, -0.2) is 50.5 Å². The van der Waals surface area contributed by atoms with Crippen molar-refractivity contribution in [2.45, 2.75) is 94.9 Å². The zero-order chi connectivity index (χ0) is 22.9. The van der Waals surface area contributed by atoms with E-state index in [1.807, 2.05) is 13.8 Å². The Kier molecular flexibility index (Phi) is 6.96. The molecule has 0 bridgehead atoms. The summed E-state index contributed by atoms with van der Waals surface area (Å²) < 4.78 is 41.2. The lowest BCUT2D eigenvalue weighted by Gasteiger charge is -2.36. The first-order chi connectivity index (χ1) is 15.3. The quantitative estimate of drug-likeness (QED) is 0.606. The molecule has 1 amide bonds. The fraction of sp³-hybridized carbons (Fsp3) is 0.708. The Morgan fingerprint density at radius 3 is 2.44 bits per heavy atom. The van der Waals surface area contributed by atoms with E-state index in [1.54, 1.807) is 27.4 Å². The highest BCUT2D eigenvalue weighted by Gasteiger charge is 2.55. The molecule has 0 unspecified atom stereocenters. The van der Waals surface area contributed by atoms with Gasteiger partial charge in [-0.2, -0.15) is 4.31 Å². The molecule has 1 saturated carbocycles. The second kappa shape index (κ2) is 9.41. The lowest BCUT2D eigenvalue weighted by Crippen LogP contribution is -2.47. The summed E-state index contributed by atoms with van der Waals surface area (Å²) in [5.74, 6) is -1.77. The number of hydrogen-bond donors (Lipinski definition) is 0. The van der Waals surface area contributed by atoms with Crippen LogP contribution in [0.4, 0.5) is 5.69 Å². The van der Waals surface area contributed by atoms with Crippen molar-refractivity contribution >= 4 is 21.6 Å². The van der Waals surface area contributed by atoms with Gasteiger partial charge in [-0.1, -0.05) is 32.6 Å². The van der Waals surface area contributed by atoms with Crippen molar-refractivity contribution in [1.29, 1.82) is 0 Å². The average molecular weight is 465 g/mol. The van der Waals surface area contributed by atoms with Gasteiger partial charge >= 0.3 is 0 Å². The second-order valence-electron chi connectivity index (χ2n) is 9.38. The molecule has 4 rings (SSSR count). The van der Waals surface area contributed by atoms with Gasteiger partial charge in [-0.15, -0.1) is 0 Å². The Hall–Kier alpha value is -1.48. The molecule has 2 heterocycles. The maximum Gasteiger partial charge on any atom is 0.292 e. The fourth-order valence-corrected chi connectivity index (χ4v) is 7.19. The highest BCUT2D eigenvalue weighted by atomic mass is 32.2. The van der Waals surface area contributed by atoms with Crippen LogP contribution in [0, 0.1) is 0 Å². The third-order valence-electron chi connectivity index (χ3n) is 6.79. The summed E-state index contributed by atoms with van der Waals surface area (Å²) in [6.07, 6.45) is 7.56. The number of carbonyl (C=O) groups excluding carboxylic acids is 1. The molecule has 178 valence electrons. The van der Waals surface area contributed by atoms with Crippen LogP contribution in [0.2, 0.25) is 0 Å². The predicted octanol–water partition coefficient (Wildman–Crippen LogP) is 4.15. The van der Waals surface area contributed by atoms with Crippen LogP contribution < -0.4 is 4.90 Å². The number of anilines is 1. The minimum atomic E-state index is -3.74. The van der Waals surface area contributed by atoms with Crippen molar-refractivity contribution in [2.24, 2.45) is 0 Å². The molecular formula is C24H36N2O5S. The molecule has 1 spiro atoms. The third kappa shape index (κ3) is 4.00. The molecule has 7 nitrogen and oxygen atoms in total. The number of sulfonamides is 1. The summed E-state index contributed by atoms with van der Waals surface area (Å²) in [5.41, 5.74) is 1.21. The molecule has 8 heteroatoms. The van der Waals surface area contributed by atoms with Gasteiger partial charge in [0.15, 0.2) is 0 Å².